The summed E-state index contributed by atoms with van der Waals surface area (Å²) in [7, 11) is -2.97. The molecule has 0 spiro atoms. The number of nitrogens with one attached hydrogen (secondary N) is 2. The Kier molecular flexibility index (Phi) is 4.56. The Labute approximate surface area is 123 Å². The third-order valence-electron chi connectivity index (χ3n) is 3.06. The molecule has 1 aromatic rings. The predicted molar refractivity (Wildman–Crippen MR) is 80.0 cm³/mol. The zero-order chi connectivity index (χ0) is 15.5. The van der Waals surface area contributed by atoms with Crippen LogP contribution in [0.1, 0.15) is 22.6 Å². The van der Waals surface area contributed by atoms with Gasteiger partial charge >= 0.3 is 0 Å². The zero-order valence-electron chi connectivity index (χ0n) is 11.8. The number of hydrogen-bond acceptors (Lipinski definition) is 6. The van der Waals surface area contributed by atoms with Crippen LogP contribution in [0.15, 0.2) is 18.7 Å². The fraction of sp³-hybridized carbons (Fsp3) is 0.462. The van der Waals surface area contributed by atoms with Crippen LogP contribution in [0.2, 0.25) is 0 Å². The summed E-state index contributed by atoms with van der Waals surface area (Å²) in [5.41, 5.74) is 0.879. The summed E-state index contributed by atoms with van der Waals surface area (Å²) in [6, 6.07) is 1.37. The van der Waals surface area contributed by atoms with Gasteiger partial charge in [-0.3, -0.25) is 4.79 Å². The molecular formula is C13H18N4O3S. The number of carbonyl (C=O) groups is 1. The molecule has 0 saturated carbocycles. The maximum Gasteiger partial charge on any atom is 0.270 e. The number of anilines is 1. The molecule has 21 heavy (non-hydrogen) atoms. The average molecular weight is 310 g/mol. The van der Waals surface area contributed by atoms with Crippen LogP contribution in [0.5, 0.6) is 0 Å². The molecule has 114 valence electrons. The highest BCUT2D eigenvalue weighted by molar-refractivity contribution is 7.91. The molecule has 1 saturated heterocycles. The number of amides is 1. The normalized spacial score (nSPS) is 20.0. The quantitative estimate of drug-likeness (QED) is 0.759. The number of hydrogen-bond donors (Lipinski definition) is 2. The first-order valence-corrected chi connectivity index (χ1v) is 8.43. The minimum absolute atomic E-state index is 0.0717. The van der Waals surface area contributed by atoms with Gasteiger partial charge in [0.05, 0.1) is 11.5 Å². The molecule has 1 amide bonds. The number of nitrogens with zero attached hydrogens (tertiary/aromatic N) is 2. The molecule has 2 heterocycles. The standard InChI is InChI=1S/C13H18N4O3S/c1-3-5-14-12(18)11-7-9(2)15-13(17-11)16-10-4-6-21(19,20)8-10/h3,7,10H,1,4-6,8H2,2H3,(H,14,18)(H,15,16,17). The van der Waals surface area contributed by atoms with Crippen LogP contribution in [0.25, 0.3) is 0 Å². The van der Waals surface area contributed by atoms with Gasteiger partial charge in [0, 0.05) is 18.3 Å². The van der Waals surface area contributed by atoms with Crippen molar-refractivity contribution in [2.75, 3.05) is 23.4 Å². The molecule has 0 aliphatic carbocycles. The zero-order valence-corrected chi connectivity index (χ0v) is 12.6. The summed E-state index contributed by atoms with van der Waals surface area (Å²) < 4.78 is 22.9. The Balaban J connectivity index is 2.12. The molecule has 2 rings (SSSR count). The van der Waals surface area contributed by atoms with Gasteiger partial charge in [0.2, 0.25) is 5.95 Å². The Hall–Kier alpha value is -1.96. The van der Waals surface area contributed by atoms with Crippen molar-refractivity contribution in [3.05, 3.63) is 30.1 Å². The maximum atomic E-state index is 11.9. The maximum absolute atomic E-state index is 11.9. The smallest absolute Gasteiger partial charge is 0.270 e. The molecule has 2 N–H and O–H groups in total. The lowest BCUT2D eigenvalue weighted by molar-refractivity contribution is 0.0953. The highest BCUT2D eigenvalue weighted by Crippen LogP contribution is 2.15. The highest BCUT2D eigenvalue weighted by atomic mass is 32.2. The van der Waals surface area contributed by atoms with Crippen LogP contribution in [-0.4, -0.2) is 48.4 Å². The van der Waals surface area contributed by atoms with Gasteiger partial charge in [0.25, 0.3) is 5.91 Å². The summed E-state index contributed by atoms with van der Waals surface area (Å²) in [6.45, 7) is 5.63. The Morgan fingerprint density at radius 2 is 2.29 bits per heavy atom. The molecule has 7 nitrogen and oxygen atoms in total. The fourth-order valence-corrected chi connectivity index (χ4v) is 3.77. The molecule has 1 aliphatic heterocycles. The number of sulfone groups is 1. The van der Waals surface area contributed by atoms with Crippen LogP contribution >= 0.6 is 0 Å². The van der Waals surface area contributed by atoms with E-state index in [0.29, 0.717) is 18.7 Å². The van der Waals surface area contributed by atoms with E-state index < -0.39 is 9.84 Å². The first kappa shape index (κ1) is 15.4. The Bertz CT molecular complexity index is 657. The number of aryl methyl sites for hydroxylation is 1. The van der Waals surface area contributed by atoms with Gasteiger partial charge in [-0.15, -0.1) is 6.58 Å². The topological polar surface area (TPSA) is 101 Å². The van der Waals surface area contributed by atoms with Crippen molar-refractivity contribution in [2.24, 2.45) is 0 Å². The van der Waals surface area contributed by atoms with Crippen LogP contribution in [-0.2, 0) is 9.84 Å². The van der Waals surface area contributed by atoms with Crippen molar-refractivity contribution in [3.8, 4) is 0 Å². The molecule has 1 aliphatic rings. The van der Waals surface area contributed by atoms with Crippen molar-refractivity contribution in [3.63, 3.8) is 0 Å². The molecule has 1 fully saturated rings. The van der Waals surface area contributed by atoms with E-state index in [-0.39, 0.29) is 35.1 Å². The molecule has 1 atom stereocenters. The van der Waals surface area contributed by atoms with E-state index in [2.05, 4.69) is 27.2 Å². The van der Waals surface area contributed by atoms with Crippen LogP contribution in [0.3, 0.4) is 0 Å². The van der Waals surface area contributed by atoms with Crippen LogP contribution in [0.4, 0.5) is 5.95 Å². The van der Waals surface area contributed by atoms with E-state index in [1.165, 1.54) is 0 Å². The number of rotatable bonds is 5. The third-order valence-corrected chi connectivity index (χ3v) is 4.83. The Morgan fingerprint density at radius 3 is 2.90 bits per heavy atom. The molecule has 0 radical (unpaired) electrons. The van der Waals surface area contributed by atoms with Gasteiger partial charge in [-0.1, -0.05) is 6.08 Å². The van der Waals surface area contributed by atoms with E-state index in [1.54, 1.807) is 19.1 Å². The van der Waals surface area contributed by atoms with Gasteiger partial charge in [0.1, 0.15) is 5.69 Å². The highest BCUT2D eigenvalue weighted by Gasteiger charge is 2.28. The monoisotopic (exact) mass is 310 g/mol. The Morgan fingerprint density at radius 1 is 1.52 bits per heavy atom. The summed E-state index contributed by atoms with van der Waals surface area (Å²) >= 11 is 0. The van der Waals surface area contributed by atoms with Gasteiger partial charge in [-0.2, -0.15) is 0 Å². The summed E-state index contributed by atoms with van der Waals surface area (Å²) in [5, 5.41) is 5.63. The van der Waals surface area contributed by atoms with Gasteiger partial charge in [0.15, 0.2) is 9.84 Å². The van der Waals surface area contributed by atoms with Crippen molar-refractivity contribution in [1.29, 1.82) is 0 Å². The molecule has 0 bridgehead atoms. The minimum Gasteiger partial charge on any atom is -0.350 e. The van der Waals surface area contributed by atoms with Gasteiger partial charge in [-0.25, -0.2) is 18.4 Å². The lowest BCUT2D eigenvalue weighted by Crippen LogP contribution is -2.26. The molecule has 8 heteroatoms. The molecule has 1 aromatic heterocycles. The van der Waals surface area contributed by atoms with E-state index in [0.717, 1.165) is 0 Å². The lowest BCUT2D eigenvalue weighted by atomic mass is 10.2. The van der Waals surface area contributed by atoms with Crippen molar-refractivity contribution in [2.45, 2.75) is 19.4 Å². The van der Waals surface area contributed by atoms with Gasteiger partial charge < -0.3 is 10.6 Å². The summed E-state index contributed by atoms with van der Waals surface area (Å²) in [5.74, 6) is 0.203. The van der Waals surface area contributed by atoms with E-state index in [4.69, 9.17) is 0 Å². The molecule has 0 aromatic carbocycles. The van der Waals surface area contributed by atoms with Crippen LogP contribution < -0.4 is 10.6 Å². The van der Waals surface area contributed by atoms with E-state index in [9.17, 15) is 13.2 Å². The van der Waals surface area contributed by atoms with E-state index in [1.807, 2.05) is 0 Å². The second-order valence-corrected chi connectivity index (χ2v) is 7.19. The van der Waals surface area contributed by atoms with Crippen molar-refractivity contribution < 1.29 is 13.2 Å². The SMILES string of the molecule is C=CCNC(=O)c1cc(C)nc(NC2CCS(=O)(=O)C2)n1. The summed E-state index contributed by atoms with van der Waals surface area (Å²) in [4.78, 5) is 20.2. The third kappa shape index (κ3) is 4.25. The predicted octanol–water partition coefficient (Wildman–Crippen LogP) is 0.300. The minimum atomic E-state index is -2.97. The first-order valence-electron chi connectivity index (χ1n) is 6.61. The fourth-order valence-electron chi connectivity index (χ4n) is 2.10. The first-order chi connectivity index (χ1) is 9.89. The van der Waals surface area contributed by atoms with E-state index >= 15 is 0 Å². The number of carbonyl (C=O) groups excluding carboxylic acids is 1. The largest absolute Gasteiger partial charge is 0.350 e. The number of aromatic nitrogens is 2. The second-order valence-electron chi connectivity index (χ2n) is 4.96. The van der Waals surface area contributed by atoms with Crippen molar-refractivity contribution >= 4 is 21.7 Å². The second kappa shape index (κ2) is 6.21. The average Bonchev–Trinajstić information content (AvgIpc) is 2.74. The van der Waals surface area contributed by atoms with Gasteiger partial charge in [-0.05, 0) is 19.4 Å². The molecule has 1 unspecified atom stereocenters. The summed E-state index contributed by atoms with van der Waals surface area (Å²) in [6.07, 6.45) is 2.10. The van der Waals surface area contributed by atoms with Crippen LogP contribution in [0, 0.1) is 6.92 Å². The molecular weight excluding hydrogens is 292 g/mol. The lowest BCUT2D eigenvalue weighted by Gasteiger charge is -2.12. The van der Waals surface area contributed by atoms with Crippen molar-refractivity contribution in [1.82, 2.24) is 15.3 Å².